The van der Waals surface area contributed by atoms with Gasteiger partial charge in [-0.3, -0.25) is 0 Å². The SMILES string of the molecule is COC(=O)c1cc(C(=O)OC)cc(S(=O)(=O)NCCCCN2CCN(C)CC2)c1. The van der Waals surface area contributed by atoms with Crippen molar-refractivity contribution in [2.45, 2.75) is 17.7 Å². The van der Waals surface area contributed by atoms with E-state index < -0.39 is 22.0 Å². The van der Waals surface area contributed by atoms with Crippen molar-refractivity contribution >= 4 is 22.0 Å². The van der Waals surface area contributed by atoms with Crippen LogP contribution in [0.5, 0.6) is 0 Å². The summed E-state index contributed by atoms with van der Waals surface area (Å²) in [6.07, 6.45) is 1.56. The van der Waals surface area contributed by atoms with Crippen LogP contribution in [0.25, 0.3) is 0 Å². The summed E-state index contributed by atoms with van der Waals surface area (Å²) in [6.45, 7) is 5.35. The molecule has 0 saturated carbocycles. The number of carbonyl (C=O) groups is 2. The van der Waals surface area contributed by atoms with Crippen molar-refractivity contribution in [3.63, 3.8) is 0 Å². The third-order valence-electron chi connectivity index (χ3n) is 4.85. The lowest BCUT2D eigenvalue weighted by molar-refractivity contribution is 0.0598. The van der Waals surface area contributed by atoms with Crippen molar-refractivity contribution in [2.24, 2.45) is 0 Å². The molecular formula is C19H29N3O6S. The Hall–Kier alpha value is -2.01. The highest BCUT2D eigenvalue weighted by Gasteiger charge is 2.21. The van der Waals surface area contributed by atoms with Crippen molar-refractivity contribution in [3.05, 3.63) is 29.3 Å². The molecule has 1 heterocycles. The minimum atomic E-state index is -3.89. The van der Waals surface area contributed by atoms with Crippen LogP contribution in [0.1, 0.15) is 33.6 Å². The number of piperazine rings is 1. The van der Waals surface area contributed by atoms with E-state index in [0.29, 0.717) is 6.42 Å². The summed E-state index contributed by atoms with van der Waals surface area (Å²) in [5.41, 5.74) is -0.0725. The van der Waals surface area contributed by atoms with Crippen molar-refractivity contribution < 1.29 is 27.5 Å². The molecule has 1 aromatic rings. The lowest BCUT2D eigenvalue weighted by Crippen LogP contribution is -2.44. The molecule has 1 aliphatic heterocycles. The maximum absolute atomic E-state index is 12.6. The zero-order chi connectivity index (χ0) is 21.4. The molecule has 1 N–H and O–H groups in total. The van der Waals surface area contributed by atoms with Gasteiger partial charge in [0.25, 0.3) is 0 Å². The van der Waals surface area contributed by atoms with E-state index in [0.717, 1.165) is 39.1 Å². The molecule has 1 fully saturated rings. The number of sulfonamides is 1. The molecule has 0 unspecified atom stereocenters. The van der Waals surface area contributed by atoms with Gasteiger partial charge in [0.15, 0.2) is 0 Å². The van der Waals surface area contributed by atoms with Crippen LogP contribution >= 0.6 is 0 Å². The summed E-state index contributed by atoms with van der Waals surface area (Å²) < 4.78 is 37.1. The molecule has 29 heavy (non-hydrogen) atoms. The monoisotopic (exact) mass is 427 g/mol. The first-order chi connectivity index (χ1) is 13.8. The van der Waals surface area contributed by atoms with Gasteiger partial charge in [0.2, 0.25) is 10.0 Å². The number of carbonyl (C=O) groups excluding carboxylic acids is 2. The van der Waals surface area contributed by atoms with Crippen LogP contribution in [0.4, 0.5) is 0 Å². The molecule has 0 amide bonds. The number of likely N-dealkylation sites (N-methyl/N-ethyl adjacent to an activating group) is 1. The van der Waals surface area contributed by atoms with Crippen LogP contribution in [-0.4, -0.2) is 90.7 Å². The summed E-state index contributed by atoms with van der Waals surface area (Å²) >= 11 is 0. The zero-order valence-corrected chi connectivity index (χ0v) is 18.0. The van der Waals surface area contributed by atoms with Crippen molar-refractivity contribution in [2.75, 3.05) is 60.5 Å². The Morgan fingerprint density at radius 1 is 0.966 bits per heavy atom. The zero-order valence-electron chi connectivity index (χ0n) is 17.1. The summed E-state index contributed by atoms with van der Waals surface area (Å²) in [5, 5.41) is 0. The molecule has 1 saturated heterocycles. The van der Waals surface area contributed by atoms with Crippen LogP contribution in [0.2, 0.25) is 0 Å². The minimum Gasteiger partial charge on any atom is -0.465 e. The van der Waals surface area contributed by atoms with Gasteiger partial charge < -0.3 is 19.3 Å². The summed E-state index contributed by atoms with van der Waals surface area (Å²) in [4.78, 5) is 28.1. The minimum absolute atomic E-state index is 0.0363. The number of nitrogens with zero attached hydrogens (tertiary/aromatic N) is 2. The fourth-order valence-corrected chi connectivity index (χ4v) is 4.19. The number of unbranched alkanes of at least 4 members (excludes halogenated alkanes) is 1. The molecule has 0 radical (unpaired) electrons. The topological polar surface area (TPSA) is 105 Å². The van der Waals surface area contributed by atoms with Gasteiger partial charge in [0.1, 0.15) is 0 Å². The van der Waals surface area contributed by atoms with Crippen LogP contribution in [0.3, 0.4) is 0 Å². The lowest BCUT2D eigenvalue weighted by Gasteiger charge is -2.32. The predicted octanol–water partition coefficient (Wildman–Crippen LogP) is 0.566. The van der Waals surface area contributed by atoms with Gasteiger partial charge in [0.05, 0.1) is 30.2 Å². The lowest BCUT2D eigenvalue weighted by atomic mass is 10.1. The second kappa shape index (κ2) is 10.7. The van der Waals surface area contributed by atoms with Gasteiger partial charge in [-0.05, 0) is 44.6 Å². The van der Waals surface area contributed by atoms with Gasteiger partial charge in [-0.1, -0.05) is 0 Å². The Morgan fingerprint density at radius 2 is 1.52 bits per heavy atom. The fraction of sp³-hybridized carbons (Fsp3) is 0.579. The molecule has 1 aliphatic rings. The smallest absolute Gasteiger partial charge is 0.337 e. The molecule has 1 aromatic carbocycles. The van der Waals surface area contributed by atoms with Gasteiger partial charge >= 0.3 is 11.9 Å². The first-order valence-electron chi connectivity index (χ1n) is 9.49. The Labute approximate surface area is 172 Å². The Bertz CT molecular complexity index is 785. The molecule has 0 aliphatic carbocycles. The molecule has 0 bridgehead atoms. The Kier molecular flexibility index (Phi) is 8.57. The molecule has 9 nitrogen and oxygen atoms in total. The Balaban J connectivity index is 1.96. The first-order valence-corrected chi connectivity index (χ1v) is 11.0. The van der Waals surface area contributed by atoms with Gasteiger partial charge in [0, 0.05) is 32.7 Å². The molecule has 10 heteroatoms. The molecule has 162 valence electrons. The molecule has 0 spiro atoms. The normalized spacial score (nSPS) is 15.8. The standard InChI is InChI=1S/C19H29N3O6S/c1-21-8-10-22(11-9-21)7-5-4-6-20-29(25,26)17-13-15(18(23)27-2)12-16(14-17)19(24)28-3/h12-14,20H,4-11H2,1-3H3. The fourth-order valence-electron chi connectivity index (χ4n) is 3.05. The number of hydrogen-bond donors (Lipinski definition) is 1. The van der Waals surface area contributed by atoms with E-state index >= 15 is 0 Å². The average Bonchev–Trinajstić information content (AvgIpc) is 2.73. The number of benzene rings is 1. The van der Waals surface area contributed by atoms with Crippen molar-refractivity contribution in [1.82, 2.24) is 14.5 Å². The van der Waals surface area contributed by atoms with Crippen LogP contribution < -0.4 is 4.72 Å². The maximum atomic E-state index is 12.6. The van der Waals surface area contributed by atoms with E-state index in [2.05, 4.69) is 31.0 Å². The second-order valence-corrected chi connectivity index (χ2v) is 8.75. The molecule has 0 aromatic heterocycles. The van der Waals surface area contributed by atoms with Gasteiger partial charge in [-0.2, -0.15) is 0 Å². The Morgan fingerprint density at radius 3 is 2.03 bits per heavy atom. The molecule has 2 rings (SSSR count). The van der Waals surface area contributed by atoms with Crippen LogP contribution in [-0.2, 0) is 19.5 Å². The number of rotatable bonds is 9. The average molecular weight is 428 g/mol. The van der Waals surface area contributed by atoms with Crippen molar-refractivity contribution in [3.8, 4) is 0 Å². The van der Waals surface area contributed by atoms with E-state index in [9.17, 15) is 18.0 Å². The highest BCUT2D eigenvalue weighted by atomic mass is 32.2. The van der Waals surface area contributed by atoms with Gasteiger partial charge in [-0.15, -0.1) is 0 Å². The summed E-state index contributed by atoms with van der Waals surface area (Å²) in [6, 6.07) is 3.61. The van der Waals surface area contributed by atoms with E-state index in [1.54, 1.807) is 0 Å². The van der Waals surface area contributed by atoms with Crippen molar-refractivity contribution in [1.29, 1.82) is 0 Å². The van der Waals surface area contributed by atoms with Gasteiger partial charge in [-0.25, -0.2) is 22.7 Å². The first kappa shape index (κ1) is 23.3. The van der Waals surface area contributed by atoms with Crippen LogP contribution in [0, 0.1) is 0 Å². The number of nitrogens with one attached hydrogen (secondary N) is 1. The predicted molar refractivity (Wildman–Crippen MR) is 107 cm³/mol. The number of esters is 2. The number of ether oxygens (including phenoxy) is 2. The third kappa shape index (κ3) is 6.77. The second-order valence-electron chi connectivity index (χ2n) is 6.98. The summed E-state index contributed by atoms with van der Waals surface area (Å²) in [5.74, 6) is -1.47. The highest BCUT2D eigenvalue weighted by Crippen LogP contribution is 2.17. The number of hydrogen-bond acceptors (Lipinski definition) is 8. The largest absolute Gasteiger partial charge is 0.465 e. The van der Waals surface area contributed by atoms with E-state index in [1.807, 2.05) is 0 Å². The number of methoxy groups -OCH3 is 2. The van der Waals surface area contributed by atoms with Crippen LogP contribution in [0.15, 0.2) is 23.1 Å². The summed E-state index contributed by atoms with van der Waals surface area (Å²) in [7, 11) is 0.578. The van der Waals surface area contributed by atoms with E-state index in [4.69, 9.17) is 0 Å². The molecular weight excluding hydrogens is 398 g/mol. The maximum Gasteiger partial charge on any atom is 0.337 e. The third-order valence-corrected chi connectivity index (χ3v) is 6.29. The van der Waals surface area contributed by atoms with E-state index in [-0.39, 0.29) is 22.6 Å². The quantitative estimate of drug-likeness (QED) is 0.450. The highest BCUT2D eigenvalue weighted by molar-refractivity contribution is 7.89. The van der Waals surface area contributed by atoms with E-state index in [1.165, 1.54) is 32.4 Å². The molecule has 0 atom stereocenters.